The molecule has 21 rings (SSSR count). The molecule has 4 nitrogen and oxygen atoms in total. The average Bonchev–Trinajstić information content (AvgIpc) is 1.51. The molecule has 576 valence electrons. The van der Waals surface area contributed by atoms with Crippen LogP contribution in [-0.2, 0) is 22.2 Å². The van der Waals surface area contributed by atoms with E-state index in [0.717, 1.165) is 102 Å². The Morgan fingerprint density at radius 3 is 1.03 bits per heavy atom. The van der Waals surface area contributed by atoms with E-state index in [4.69, 9.17) is 11.0 Å². The fourth-order valence-corrected chi connectivity index (χ4v) is 17.3. The maximum absolute atomic E-state index is 12.4. The quantitative estimate of drug-likeness (QED) is 0.0933. The number of carboxylic acid groups (broad SMARTS) is 1. The molecule has 16 aromatic carbocycles. The summed E-state index contributed by atoms with van der Waals surface area (Å²) in [4.78, 5) is 21.2. The Balaban J connectivity index is 0.000000125. The second-order valence-electron chi connectivity index (χ2n) is 30.9. The summed E-state index contributed by atoms with van der Waals surface area (Å²) >= 11 is -0.500. The number of carboxylic acids is 1. The monoisotopic (exact) mass is 1550 g/mol. The average molecular weight is 1550 g/mol. The van der Waals surface area contributed by atoms with Gasteiger partial charge in [0.15, 0.2) is 5.78 Å². The summed E-state index contributed by atoms with van der Waals surface area (Å²) < 4.78 is 15.3. The van der Waals surface area contributed by atoms with E-state index in [9.17, 15) is 13.8 Å². The molecule has 0 aromatic heterocycles. The molecule has 2 N–H and O–H groups in total. The molecule has 1 spiro atoms. The summed E-state index contributed by atoms with van der Waals surface area (Å²) in [6, 6.07) is 129. The van der Waals surface area contributed by atoms with Crippen molar-refractivity contribution in [2.24, 2.45) is 0 Å². The Hall–Kier alpha value is -12.5. The molecular formula is C111H94FLiO4S. The molecular weight excluding hydrogens is 1460 g/mol. The van der Waals surface area contributed by atoms with Gasteiger partial charge in [0.25, 0.3) is 5.97 Å². The zero-order chi connectivity index (χ0) is 82.8. The van der Waals surface area contributed by atoms with Crippen molar-refractivity contribution >= 4 is 24.7 Å². The first-order valence-electron chi connectivity index (χ1n) is 40.1. The number of halogens is 1. The summed E-state index contributed by atoms with van der Waals surface area (Å²) in [5, 5.41) is 19.8. The molecule has 16 aromatic rings. The first-order chi connectivity index (χ1) is 57.2. The predicted octanol–water partition coefficient (Wildman–Crippen LogP) is 25.0. The normalized spacial score (nSPS) is 12.3. The van der Waals surface area contributed by atoms with Gasteiger partial charge in [-0.2, -0.15) is 3.89 Å². The van der Waals surface area contributed by atoms with Gasteiger partial charge in [-0.25, -0.2) is 0 Å². The smallest absolute Gasteiger partial charge is 0.481 e. The number of carbonyl (C=O) groups is 2. The van der Waals surface area contributed by atoms with Gasteiger partial charge in [0.2, 0.25) is 0 Å². The molecule has 5 aliphatic rings. The Morgan fingerprint density at radius 1 is 0.331 bits per heavy atom. The van der Waals surface area contributed by atoms with Crippen molar-refractivity contribution in [3.8, 4) is 89.0 Å². The van der Waals surface area contributed by atoms with Crippen LogP contribution in [0.25, 0.3) is 89.0 Å². The summed E-state index contributed by atoms with van der Waals surface area (Å²) in [6.07, 6.45) is 1.11. The molecule has 5 aliphatic carbocycles. The third kappa shape index (κ3) is 16.9. The second-order valence-corrected chi connectivity index (χ2v) is 30.9. The fraction of sp³-hybridized carbons (Fsp3) is 0.117. The van der Waals surface area contributed by atoms with Crippen molar-refractivity contribution in [1.29, 1.82) is 1.12 Å². The van der Waals surface area contributed by atoms with Crippen LogP contribution in [0.2, 0.25) is 0 Å². The van der Waals surface area contributed by atoms with Crippen LogP contribution in [0.5, 0.6) is 0 Å². The van der Waals surface area contributed by atoms with Gasteiger partial charge >= 0.3 is 18.9 Å². The first kappa shape index (κ1) is 82.0. The number of thiol groups is 1. The number of rotatable bonds is 4. The summed E-state index contributed by atoms with van der Waals surface area (Å²) in [7, 11) is 0. The molecule has 0 saturated heterocycles. The number of aryl methyl sites for hydroxylation is 9. The van der Waals surface area contributed by atoms with Crippen molar-refractivity contribution < 1.29 is 42.5 Å². The summed E-state index contributed by atoms with van der Waals surface area (Å²) in [5.41, 5.74) is 43.0. The number of benzene rings is 16. The van der Waals surface area contributed by atoms with E-state index in [1.54, 1.807) is 0 Å². The van der Waals surface area contributed by atoms with E-state index in [1.807, 2.05) is 111 Å². The molecule has 118 heavy (non-hydrogen) atoms. The zero-order valence-electron chi connectivity index (χ0n) is 69.8. The van der Waals surface area contributed by atoms with Gasteiger partial charge in [0, 0.05) is 47.7 Å². The van der Waals surface area contributed by atoms with Gasteiger partial charge in [-0.3, -0.25) is 9.59 Å². The molecule has 0 amide bonds. The van der Waals surface area contributed by atoms with E-state index in [0.29, 0.717) is 0 Å². The van der Waals surface area contributed by atoms with E-state index in [2.05, 4.69) is 315 Å². The third-order valence-corrected chi connectivity index (χ3v) is 22.6. The van der Waals surface area contributed by atoms with Gasteiger partial charge < -0.3 is 10.2 Å². The van der Waals surface area contributed by atoms with Crippen LogP contribution < -0.4 is 18.9 Å². The van der Waals surface area contributed by atoms with Crippen molar-refractivity contribution in [2.45, 2.75) is 86.7 Å². The maximum atomic E-state index is 12.4. The first-order valence-corrected chi connectivity index (χ1v) is 40.0. The molecule has 0 bridgehead atoms. The van der Waals surface area contributed by atoms with Crippen molar-refractivity contribution in [2.75, 3.05) is 0 Å². The Bertz CT molecular complexity index is 6060. The number of ketones is 1. The third-order valence-electron chi connectivity index (χ3n) is 22.6. The zero-order valence-corrected chi connectivity index (χ0v) is 69.6. The molecule has 0 atom stereocenters. The van der Waals surface area contributed by atoms with E-state index in [-0.39, 0.29) is 30.1 Å². The van der Waals surface area contributed by atoms with Crippen LogP contribution in [-0.4, -0.2) is 23.1 Å². The van der Waals surface area contributed by atoms with Crippen LogP contribution in [0.15, 0.2) is 358 Å². The Morgan fingerprint density at radius 2 is 0.627 bits per heavy atom. The molecule has 0 saturated carbocycles. The number of carbonyl (C=O) groups excluding carboxylic acids is 1. The minimum absolute atomic E-state index is 0. The molecule has 0 unspecified atom stereocenters. The standard InChI is InChI=1S/C27H22O.C27H20.C15H12O.C15H14.C13H12.C12H9.C2H4O2.FHS.Li/c1-18-12-14-22-23-15-13-19(2)17-26(23)27(28,25(22)16-18)24-11-7-6-10-21(24)20-8-4-3-5-9-20;1-17-11-13-21-22-14-12-18(2)16-26(22)27(25(21)15-17)23-9-5-3-7-19(23)20-8-4-6-10-24(20)27;1-9-3-5-11-12-6-4-10(2)8-14(12)15(16)13(11)7-9;1-10-3-5-14-12(7-10)9-13-8-11(2)4-6-15(13)14;1-11-7-5-6-10-13(11)12-8-3-2-4-9-12;1-3-7-11(8-4-1)12-9-5-2-6-10-12;1-2(3)4;1-2;/h3-17,28H,1-2H3;3-16H,1-2H3;3-8H,1-2H3;3-8H,9H2,1-2H3;2-10H,1H3;1-9H;1H3,(H,3,4);2H;/q;;;;;-1;;;+1/i;;;;;;;2D;. The molecule has 7 heteroatoms. The van der Waals surface area contributed by atoms with Crippen LogP contribution in [0.1, 0.15) is 123 Å². The number of aliphatic carboxylic acids is 1. The largest absolute Gasteiger partial charge is 1.00 e. The van der Waals surface area contributed by atoms with E-state index < -0.39 is 24.5 Å². The molecule has 0 heterocycles. The van der Waals surface area contributed by atoms with Crippen molar-refractivity contribution in [3.63, 3.8) is 0 Å². The van der Waals surface area contributed by atoms with E-state index >= 15 is 0 Å². The second kappa shape index (κ2) is 36.8. The number of hydrogen-bond donors (Lipinski definition) is 3. The van der Waals surface area contributed by atoms with E-state index in [1.165, 1.54) is 111 Å². The Kier molecular flexibility index (Phi) is 25.6. The topological polar surface area (TPSA) is 74.6 Å². The maximum Gasteiger partial charge on any atom is 1.00 e. The molecule has 0 radical (unpaired) electrons. The number of hydrogen-bond acceptors (Lipinski definition) is 4. The molecule has 0 fully saturated rings. The van der Waals surface area contributed by atoms with Crippen LogP contribution in [0.3, 0.4) is 0 Å². The van der Waals surface area contributed by atoms with Gasteiger partial charge in [0.05, 0.1) is 5.41 Å². The minimum Gasteiger partial charge on any atom is -0.481 e. The predicted molar refractivity (Wildman–Crippen MR) is 487 cm³/mol. The van der Waals surface area contributed by atoms with Crippen LogP contribution >= 0.6 is 12.9 Å². The van der Waals surface area contributed by atoms with Gasteiger partial charge in [-0.15, -0.1) is 35.9 Å². The van der Waals surface area contributed by atoms with Crippen LogP contribution in [0, 0.1) is 68.4 Å². The Labute approximate surface area is 714 Å². The number of aliphatic hydroxyl groups is 1. The van der Waals surface area contributed by atoms with Gasteiger partial charge in [-0.05, 0) is 198 Å². The summed E-state index contributed by atoms with van der Waals surface area (Å²) in [5.74, 6) is -0.669. The number of fused-ring (bicyclic) bond motifs is 19. The SMILES string of the molecule is CC(=O)O.Cc1ccc2c(c1)C(=O)c1cc(C)ccc1-2.Cc1ccc2c(c1)C(O)(c1ccccc1-c1ccccc1)c1cc(C)ccc1-2.Cc1ccc2c(c1)C1(c3ccccc3-c3ccccc31)c1cc(C)ccc1-2.Cc1ccc2c(c1)Cc1cc(C)ccc1-2.Cc1ccccc1-c1ccccc1.[2H]SF.[Li+].[c-]1ccccc1-c1ccccc1. The van der Waals surface area contributed by atoms with Gasteiger partial charge in [-0.1, -0.05) is 372 Å². The van der Waals surface area contributed by atoms with Crippen molar-refractivity contribution in [1.82, 2.24) is 0 Å². The van der Waals surface area contributed by atoms with Crippen molar-refractivity contribution in [3.05, 3.63) is 475 Å². The summed E-state index contributed by atoms with van der Waals surface area (Å²) in [6.45, 7) is 20.1. The minimum atomic E-state index is -1.17. The molecule has 0 aliphatic heterocycles. The van der Waals surface area contributed by atoms with Crippen LogP contribution in [0.4, 0.5) is 3.89 Å². The fourth-order valence-electron chi connectivity index (χ4n) is 17.3. The van der Waals surface area contributed by atoms with Gasteiger partial charge in [0.1, 0.15) is 6.72 Å².